The van der Waals surface area contributed by atoms with Gasteiger partial charge in [-0.2, -0.15) is 0 Å². The smallest absolute Gasteiger partial charge is 0.338 e. The molecule has 2 aromatic carbocycles. The number of ether oxygens (including phenoxy) is 3. The molecule has 2 heterocycles. The number of esters is 1. The Hall–Kier alpha value is -3.41. The lowest BCUT2D eigenvalue weighted by atomic mass is 10.2. The standard InChI is InChI=1S/C26H27N3O6S2/c1-28(2)12-13-33-25(32)18-6-8-19(9-7-18)27-23(30)4-3-11-29-24(31)22(37-26(29)36)15-17-5-10-20-21(14-17)35-16-34-20/h5-10,14-15H,3-4,11-13,16H2,1-2H3,(H,27,30). The average molecular weight is 542 g/mol. The van der Waals surface area contributed by atoms with Crippen LogP contribution in [0.5, 0.6) is 11.5 Å². The summed E-state index contributed by atoms with van der Waals surface area (Å²) in [6.07, 6.45) is 2.44. The van der Waals surface area contributed by atoms with Crippen LogP contribution in [0.2, 0.25) is 0 Å². The number of likely N-dealkylation sites (N-methyl/N-ethyl adjacent to an activating group) is 1. The molecule has 2 aliphatic heterocycles. The average Bonchev–Trinajstić information content (AvgIpc) is 3.43. The molecule has 4 rings (SSSR count). The summed E-state index contributed by atoms with van der Waals surface area (Å²) in [6, 6.07) is 12.0. The van der Waals surface area contributed by atoms with Gasteiger partial charge >= 0.3 is 5.97 Å². The predicted octanol–water partition coefficient (Wildman–Crippen LogP) is 3.75. The minimum absolute atomic E-state index is 0.180. The maximum atomic E-state index is 12.9. The van der Waals surface area contributed by atoms with Crippen LogP contribution in [-0.2, 0) is 14.3 Å². The molecule has 11 heteroatoms. The van der Waals surface area contributed by atoms with Gasteiger partial charge in [0.2, 0.25) is 12.7 Å². The number of benzene rings is 2. The van der Waals surface area contributed by atoms with Crippen LogP contribution in [0.25, 0.3) is 6.08 Å². The Morgan fingerprint density at radius 2 is 1.92 bits per heavy atom. The zero-order chi connectivity index (χ0) is 26.4. The van der Waals surface area contributed by atoms with E-state index in [0.29, 0.717) is 58.1 Å². The first-order valence-corrected chi connectivity index (χ1v) is 12.9. The van der Waals surface area contributed by atoms with Gasteiger partial charge in [0.15, 0.2) is 11.5 Å². The summed E-state index contributed by atoms with van der Waals surface area (Å²) in [5.74, 6) is 0.543. The normalized spacial score (nSPS) is 15.5. The van der Waals surface area contributed by atoms with Crippen molar-refractivity contribution in [2.24, 2.45) is 0 Å². The van der Waals surface area contributed by atoms with Gasteiger partial charge in [0.25, 0.3) is 5.91 Å². The Balaban J connectivity index is 1.23. The lowest BCUT2D eigenvalue weighted by Crippen LogP contribution is -2.29. The van der Waals surface area contributed by atoms with E-state index in [1.165, 1.54) is 16.7 Å². The maximum Gasteiger partial charge on any atom is 0.338 e. The zero-order valence-corrected chi connectivity index (χ0v) is 22.2. The Morgan fingerprint density at radius 3 is 2.68 bits per heavy atom. The molecule has 0 atom stereocenters. The number of nitrogens with zero attached hydrogens (tertiary/aromatic N) is 2. The van der Waals surface area contributed by atoms with Gasteiger partial charge in [0, 0.05) is 25.2 Å². The maximum absolute atomic E-state index is 12.9. The number of thiocarbonyl (C=S) groups is 1. The number of fused-ring (bicyclic) bond motifs is 1. The minimum Gasteiger partial charge on any atom is -0.461 e. The van der Waals surface area contributed by atoms with Crippen molar-refractivity contribution in [3.63, 3.8) is 0 Å². The largest absolute Gasteiger partial charge is 0.461 e. The molecule has 0 bridgehead atoms. The van der Waals surface area contributed by atoms with Crippen LogP contribution in [0.1, 0.15) is 28.8 Å². The zero-order valence-electron chi connectivity index (χ0n) is 20.5. The molecule has 9 nitrogen and oxygen atoms in total. The van der Waals surface area contributed by atoms with E-state index >= 15 is 0 Å². The summed E-state index contributed by atoms with van der Waals surface area (Å²) >= 11 is 6.63. The van der Waals surface area contributed by atoms with Crippen LogP contribution in [0.15, 0.2) is 47.4 Å². The number of thioether (sulfide) groups is 1. The van der Waals surface area contributed by atoms with E-state index in [0.717, 1.165) is 5.56 Å². The van der Waals surface area contributed by atoms with Crippen molar-refractivity contribution in [3.05, 3.63) is 58.5 Å². The third-order valence-electron chi connectivity index (χ3n) is 5.53. The summed E-state index contributed by atoms with van der Waals surface area (Å²) < 4.78 is 16.4. The molecule has 0 unspecified atom stereocenters. The second-order valence-electron chi connectivity index (χ2n) is 8.61. The molecule has 2 amide bonds. The molecule has 0 saturated carbocycles. The van der Waals surface area contributed by atoms with E-state index in [2.05, 4.69) is 5.32 Å². The van der Waals surface area contributed by atoms with Crippen LogP contribution in [-0.4, -0.2) is 72.5 Å². The highest BCUT2D eigenvalue weighted by atomic mass is 32.2. The highest BCUT2D eigenvalue weighted by Gasteiger charge is 2.31. The summed E-state index contributed by atoms with van der Waals surface area (Å²) in [5.41, 5.74) is 1.81. The number of anilines is 1. The van der Waals surface area contributed by atoms with Crippen molar-refractivity contribution in [1.29, 1.82) is 0 Å². The lowest BCUT2D eigenvalue weighted by molar-refractivity contribution is -0.122. The first-order chi connectivity index (χ1) is 17.8. The van der Waals surface area contributed by atoms with Crippen molar-refractivity contribution >= 4 is 57.8 Å². The molecule has 1 fully saturated rings. The van der Waals surface area contributed by atoms with E-state index in [4.69, 9.17) is 26.4 Å². The van der Waals surface area contributed by atoms with Gasteiger partial charge in [-0.15, -0.1) is 0 Å². The third-order valence-corrected chi connectivity index (χ3v) is 6.91. The second kappa shape index (κ2) is 12.2. The van der Waals surface area contributed by atoms with E-state index in [-0.39, 0.29) is 25.0 Å². The van der Waals surface area contributed by atoms with E-state index in [1.54, 1.807) is 36.4 Å². The molecule has 2 aliphatic rings. The summed E-state index contributed by atoms with van der Waals surface area (Å²) in [4.78, 5) is 41.3. The minimum atomic E-state index is -0.407. The van der Waals surface area contributed by atoms with Crippen molar-refractivity contribution in [1.82, 2.24) is 9.80 Å². The van der Waals surface area contributed by atoms with Crippen LogP contribution in [0, 0.1) is 0 Å². The number of carbonyl (C=O) groups excluding carboxylic acids is 3. The fourth-order valence-corrected chi connectivity index (χ4v) is 4.87. The molecule has 0 spiro atoms. The van der Waals surface area contributed by atoms with Crippen molar-refractivity contribution in [2.75, 3.05) is 45.9 Å². The Kier molecular flexibility index (Phi) is 8.80. The van der Waals surface area contributed by atoms with Crippen LogP contribution >= 0.6 is 24.0 Å². The van der Waals surface area contributed by atoms with Gasteiger partial charge < -0.3 is 24.4 Å². The Morgan fingerprint density at radius 1 is 1.16 bits per heavy atom. The number of rotatable bonds is 10. The second-order valence-corrected chi connectivity index (χ2v) is 10.3. The molecular formula is C26H27N3O6S2. The molecule has 37 heavy (non-hydrogen) atoms. The van der Waals surface area contributed by atoms with Gasteiger partial charge in [0.1, 0.15) is 10.9 Å². The molecule has 0 aromatic heterocycles. The van der Waals surface area contributed by atoms with Gasteiger partial charge in [-0.1, -0.05) is 30.0 Å². The highest BCUT2D eigenvalue weighted by Crippen LogP contribution is 2.36. The molecule has 0 aliphatic carbocycles. The summed E-state index contributed by atoms with van der Waals surface area (Å²) in [7, 11) is 3.80. The first-order valence-electron chi connectivity index (χ1n) is 11.7. The quantitative estimate of drug-likeness (QED) is 0.274. The van der Waals surface area contributed by atoms with Gasteiger partial charge in [-0.3, -0.25) is 14.5 Å². The van der Waals surface area contributed by atoms with Crippen molar-refractivity contribution < 1.29 is 28.6 Å². The Bertz CT molecular complexity index is 1230. The van der Waals surface area contributed by atoms with Gasteiger partial charge in [-0.25, -0.2) is 4.79 Å². The molecule has 0 radical (unpaired) electrons. The summed E-state index contributed by atoms with van der Waals surface area (Å²) in [6.45, 7) is 1.48. The fourth-order valence-electron chi connectivity index (χ4n) is 3.56. The monoisotopic (exact) mass is 541 g/mol. The number of hydrogen-bond donors (Lipinski definition) is 1. The van der Waals surface area contributed by atoms with Crippen LogP contribution in [0.3, 0.4) is 0 Å². The topological polar surface area (TPSA) is 97.4 Å². The van der Waals surface area contributed by atoms with Gasteiger partial charge in [-0.05, 0) is 68.6 Å². The molecule has 2 aromatic rings. The number of nitrogens with one attached hydrogen (secondary N) is 1. The molecule has 194 valence electrons. The van der Waals surface area contributed by atoms with Crippen molar-refractivity contribution in [3.8, 4) is 11.5 Å². The number of hydrogen-bond acceptors (Lipinski definition) is 9. The first kappa shape index (κ1) is 26.6. The van der Waals surface area contributed by atoms with Crippen LogP contribution < -0.4 is 14.8 Å². The SMILES string of the molecule is CN(C)CCOC(=O)c1ccc(NC(=O)CCCN2C(=O)C(=Cc3ccc4c(c3)OCO4)SC2=S)cc1. The number of carbonyl (C=O) groups is 3. The van der Waals surface area contributed by atoms with Gasteiger partial charge in [0.05, 0.1) is 10.5 Å². The van der Waals surface area contributed by atoms with Crippen LogP contribution in [0.4, 0.5) is 5.69 Å². The third kappa shape index (κ3) is 7.09. The predicted molar refractivity (Wildman–Crippen MR) is 146 cm³/mol. The molecular weight excluding hydrogens is 514 g/mol. The molecule has 1 saturated heterocycles. The molecule has 1 N–H and O–H groups in total. The highest BCUT2D eigenvalue weighted by molar-refractivity contribution is 8.26. The van der Waals surface area contributed by atoms with E-state index in [1.807, 2.05) is 31.1 Å². The van der Waals surface area contributed by atoms with E-state index < -0.39 is 5.97 Å². The van der Waals surface area contributed by atoms with Crippen molar-refractivity contribution in [2.45, 2.75) is 12.8 Å². The Labute approximate surface area is 224 Å². The van der Waals surface area contributed by atoms with E-state index in [9.17, 15) is 14.4 Å². The summed E-state index contributed by atoms with van der Waals surface area (Å²) in [5, 5.41) is 2.80. The fraction of sp³-hybridized carbons (Fsp3) is 0.308. The number of amides is 2. The lowest BCUT2D eigenvalue weighted by Gasteiger charge is -2.14.